The normalized spacial score (nSPS) is 25.0. The number of hydrogen-bond donors (Lipinski definition) is 1. The standard InChI is InChI=1S/C19H19NO2/c1-2-22-18(21)17-16-15(12-20-17)13-8-10-19(16,11-9-13)14-6-4-3-5-7-14/h3-8,10,12-13,20H,2,9,11H2,1H3. The van der Waals surface area contributed by atoms with Crippen molar-refractivity contribution in [1.82, 2.24) is 4.98 Å². The fraction of sp³-hybridized carbons (Fsp3) is 0.316. The van der Waals surface area contributed by atoms with E-state index in [-0.39, 0.29) is 11.4 Å². The zero-order valence-corrected chi connectivity index (χ0v) is 12.6. The van der Waals surface area contributed by atoms with E-state index in [1.54, 1.807) is 0 Å². The van der Waals surface area contributed by atoms with Crippen LogP contribution in [-0.4, -0.2) is 17.6 Å². The molecule has 1 aromatic heterocycles. The maximum Gasteiger partial charge on any atom is 0.355 e. The Morgan fingerprint density at radius 1 is 1.36 bits per heavy atom. The number of fused-ring (bicyclic) bond motifs is 1. The van der Waals surface area contributed by atoms with E-state index in [2.05, 4.69) is 41.4 Å². The van der Waals surface area contributed by atoms with E-state index >= 15 is 0 Å². The third-order valence-electron chi connectivity index (χ3n) is 4.99. The minimum Gasteiger partial charge on any atom is -0.461 e. The van der Waals surface area contributed by atoms with Crippen molar-refractivity contribution in [2.75, 3.05) is 6.61 Å². The molecule has 0 aliphatic heterocycles. The van der Waals surface area contributed by atoms with E-state index in [0.717, 1.165) is 18.4 Å². The van der Waals surface area contributed by atoms with Gasteiger partial charge >= 0.3 is 5.97 Å². The van der Waals surface area contributed by atoms with E-state index in [1.165, 1.54) is 11.1 Å². The van der Waals surface area contributed by atoms with Crippen LogP contribution in [0.4, 0.5) is 0 Å². The molecule has 1 aromatic carbocycles. The minimum absolute atomic E-state index is 0.201. The highest BCUT2D eigenvalue weighted by molar-refractivity contribution is 5.91. The fourth-order valence-corrected chi connectivity index (χ4v) is 4.01. The summed E-state index contributed by atoms with van der Waals surface area (Å²) in [4.78, 5) is 15.5. The van der Waals surface area contributed by atoms with Crippen LogP contribution in [0.5, 0.6) is 0 Å². The summed E-state index contributed by atoms with van der Waals surface area (Å²) in [7, 11) is 0. The molecule has 3 heteroatoms. The SMILES string of the molecule is CCOC(=O)c1[nH]cc2c1C1(c3ccccc3)C=CC2CC1. The van der Waals surface area contributed by atoms with Gasteiger partial charge in [-0.15, -0.1) is 0 Å². The van der Waals surface area contributed by atoms with Gasteiger partial charge < -0.3 is 9.72 Å². The Hall–Kier alpha value is -2.29. The van der Waals surface area contributed by atoms with E-state index in [1.807, 2.05) is 19.2 Å². The number of aromatic amines is 1. The lowest BCUT2D eigenvalue weighted by Crippen LogP contribution is -2.36. The second-order valence-electron chi connectivity index (χ2n) is 6.06. The van der Waals surface area contributed by atoms with Gasteiger partial charge in [0, 0.05) is 23.1 Å². The third-order valence-corrected chi connectivity index (χ3v) is 4.99. The molecule has 0 saturated carbocycles. The van der Waals surface area contributed by atoms with Gasteiger partial charge in [-0.25, -0.2) is 4.79 Å². The number of nitrogens with one attached hydrogen (secondary N) is 1. The van der Waals surface area contributed by atoms with E-state index in [9.17, 15) is 4.79 Å². The number of esters is 1. The highest BCUT2D eigenvalue weighted by atomic mass is 16.5. The quantitative estimate of drug-likeness (QED) is 0.688. The molecular weight excluding hydrogens is 274 g/mol. The van der Waals surface area contributed by atoms with Gasteiger partial charge in [0.05, 0.1) is 6.61 Å². The van der Waals surface area contributed by atoms with Crippen LogP contribution in [0.3, 0.4) is 0 Å². The van der Waals surface area contributed by atoms with Crippen LogP contribution in [0, 0.1) is 0 Å². The average Bonchev–Trinajstić information content (AvgIpc) is 3.04. The largest absolute Gasteiger partial charge is 0.461 e. The van der Waals surface area contributed by atoms with Gasteiger partial charge in [0.15, 0.2) is 0 Å². The molecule has 2 bridgehead atoms. The molecule has 0 spiro atoms. The molecule has 1 heterocycles. The van der Waals surface area contributed by atoms with Crippen molar-refractivity contribution in [3.63, 3.8) is 0 Å². The highest BCUT2D eigenvalue weighted by Crippen LogP contribution is 2.53. The Balaban J connectivity index is 1.92. The fourth-order valence-electron chi connectivity index (χ4n) is 4.01. The van der Waals surface area contributed by atoms with Gasteiger partial charge in [0.2, 0.25) is 0 Å². The van der Waals surface area contributed by atoms with Crippen LogP contribution in [0.15, 0.2) is 48.7 Å². The first-order valence-electron chi connectivity index (χ1n) is 7.90. The molecule has 3 aliphatic rings. The molecule has 3 aliphatic carbocycles. The summed E-state index contributed by atoms with van der Waals surface area (Å²) in [5.74, 6) is 0.167. The molecular formula is C19H19NO2. The smallest absolute Gasteiger partial charge is 0.355 e. The number of aromatic nitrogens is 1. The number of ether oxygens (including phenoxy) is 1. The number of rotatable bonds is 3. The van der Waals surface area contributed by atoms with E-state index in [0.29, 0.717) is 18.2 Å². The zero-order valence-electron chi connectivity index (χ0n) is 12.6. The van der Waals surface area contributed by atoms with E-state index < -0.39 is 0 Å². The molecule has 3 nitrogen and oxygen atoms in total. The molecule has 22 heavy (non-hydrogen) atoms. The topological polar surface area (TPSA) is 42.1 Å². The number of carbonyl (C=O) groups is 1. The maximum absolute atomic E-state index is 12.4. The van der Waals surface area contributed by atoms with E-state index in [4.69, 9.17) is 4.74 Å². The van der Waals surface area contributed by atoms with Crippen molar-refractivity contribution in [1.29, 1.82) is 0 Å². The Labute approximate surface area is 130 Å². The first kappa shape index (κ1) is 13.4. The lowest BCUT2D eigenvalue weighted by atomic mass is 9.59. The summed E-state index contributed by atoms with van der Waals surface area (Å²) in [5.41, 5.74) is 4.04. The summed E-state index contributed by atoms with van der Waals surface area (Å²) in [5, 5.41) is 0. The Morgan fingerprint density at radius 2 is 2.18 bits per heavy atom. The van der Waals surface area contributed by atoms with Crippen LogP contribution in [0.2, 0.25) is 0 Å². The molecule has 0 radical (unpaired) electrons. The molecule has 2 unspecified atom stereocenters. The van der Waals surface area contributed by atoms with Crippen LogP contribution >= 0.6 is 0 Å². The first-order chi connectivity index (χ1) is 10.8. The lowest BCUT2D eigenvalue weighted by molar-refractivity contribution is 0.0517. The van der Waals surface area contributed by atoms with Crippen molar-refractivity contribution in [2.24, 2.45) is 0 Å². The summed E-state index contributed by atoms with van der Waals surface area (Å²) in [6, 6.07) is 10.5. The van der Waals surface area contributed by atoms with Crippen molar-refractivity contribution < 1.29 is 9.53 Å². The van der Waals surface area contributed by atoms with Gasteiger partial charge in [0.25, 0.3) is 0 Å². The monoisotopic (exact) mass is 293 g/mol. The minimum atomic E-state index is -0.250. The summed E-state index contributed by atoms with van der Waals surface area (Å²) < 4.78 is 5.25. The first-order valence-corrected chi connectivity index (χ1v) is 7.90. The number of allylic oxidation sites excluding steroid dienone is 2. The Morgan fingerprint density at radius 3 is 2.86 bits per heavy atom. The van der Waals surface area contributed by atoms with Crippen LogP contribution in [0.1, 0.15) is 52.9 Å². The number of benzene rings is 1. The molecule has 5 rings (SSSR count). The molecule has 2 aromatic rings. The van der Waals surface area contributed by atoms with Gasteiger partial charge in [-0.1, -0.05) is 42.5 Å². The average molecular weight is 293 g/mol. The second kappa shape index (κ2) is 4.87. The van der Waals surface area contributed by atoms with Gasteiger partial charge in [-0.05, 0) is 30.9 Å². The molecule has 112 valence electrons. The van der Waals surface area contributed by atoms with Crippen LogP contribution in [0.25, 0.3) is 0 Å². The number of carbonyl (C=O) groups excluding carboxylic acids is 1. The predicted molar refractivity (Wildman–Crippen MR) is 85.1 cm³/mol. The molecule has 0 saturated heterocycles. The van der Waals surface area contributed by atoms with Gasteiger partial charge in [-0.2, -0.15) is 0 Å². The molecule has 0 fully saturated rings. The number of hydrogen-bond acceptors (Lipinski definition) is 2. The lowest BCUT2D eigenvalue weighted by Gasteiger charge is -2.43. The maximum atomic E-state index is 12.4. The molecule has 1 N–H and O–H groups in total. The zero-order chi connectivity index (χ0) is 15.2. The highest BCUT2D eigenvalue weighted by Gasteiger charge is 2.46. The van der Waals surface area contributed by atoms with Crippen LogP contribution < -0.4 is 0 Å². The van der Waals surface area contributed by atoms with Gasteiger partial charge in [0.1, 0.15) is 5.69 Å². The summed E-state index contributed by atoms with van der Waals surface area (Å²) in [6.07, 6.45) is 8.73. The third kappa shape index (κ3) is 1.71. The van der Waals surface area contributed by atoms with Crippen molar-refractivity contribution >= 4 is 5.97 Å². The summed E-state index contributed by atoms with van der Waals surface area (Å²) in [6.45, 7) is 2.23. The molecule has 2 atom stereocenters. The Bertz CT molecular complexity index is 744. The Kier molecular flexibility index (Phi) is 2.96. The molecule has 0 amide bonds. The summed E-state index contributed by atoms with van der Waals surface area (Å²) >= 11 is 0. The van der Waals surface area contributed by atoms with Crippen molar-refractivity contribution in [2.45, 2.75) is 31.1 Å². The number of H-pyrrole nitrogens is 1. The van der Waals surface area contributed by atoms with Crippen LogP contribution in [-0.2, 0) is 10.2 Å². The van der Waals surface area contributed by atoms with Crippen molar-refractivity contribution in [3.05, 3.63) is 71.1 Å². The van der Waals surface area contributed by atoms with Crippen molar-refractivity contribution in [3.8, 4) is 0 Å². The predicted octanol–water partition coefficient (Wildman–Crippen LogP) is 3.92. The van der Waals surface area contributed by atoms with Gasteiger partial charge in [-0.3, -0.25) is 0 Å². The second-order valence-corrected chi connectivity index (χ2v) is 6.06.